The van der Waals surface area contributed by atoms with Crippen molar-refractivity contribution in [1.82, 2.24) is 25.7 Å². The minimum absolute atomic E-state index is 0. The number of piperidine rings is 1. The molecule has 1 aliphatic heterocycles. The lowest BCUT2D eigenvalue weighted by molar-refractivity contribution is 0.198. The van der Waals surface area contributed by atoms with Gasteiger partial charge >= 0.3 is 0 Å². The van der Waals surface area contributed by atoms with Crippen LogP contribution in [-0.4, -0.2) is 47.2 Å². The van der Waals surface area contributed by atoms with E-state index in [1.807, 2.05) is 18.2 Å². The fraction of sp³-hybridized carbons (Fsp3) is 0.500. The molecular formula is C18H25Cl2IN6O. The molecule has 0 saturated carbocycles. The van der Waals surface area contributed by atoms with Crippen LogP contribution in [0.4, 0.5) is 0 Å². The van der Waals surface area contributed by atoms with Crippen molar-refractivity contribution in [2.75, 3.05) is 20.1 Å². The van der Waals surface area contributed by atoms with Gasteiger partial charge in [0, 0.05) is 39.6 Å². The number of benzene rings is 1. The molecule has 3 rings (SSSR count). The number of aliphatic imine (C=N–C) groups is 1. The Bertz CT molecular complexity index is 792. The van der Waals surface area contributed by atoms with Crippen LogP contribution in [0.2, 0.25) is 10.0 Å². The number of nitrogens with zero attached hydrogens (tertiary/aromatic N) is 4. The zero-order valence-corrected chi connectivity index (χ0v) is 19.8. The summed E-state index contributed by atoms with van der Waals surface area (Å²) in [5.74, 6) is 1.93. The molecule has 0 atom stereocenters. The minimum atomic E-state index is 0. The van der Waals surface area contributed by atoms with E-state index in [4.69, 9.17) is 27.7 Å². The van der Waals surface area contributed by atoms with E-state index in [1.54, 1.807) is 14.0 Å². The predicted molar refractivity (Wildman–Crippen MR) is 123 cm³/mol. The first-order valence-corrected chi connectivity index (χ1v) is 9.71. The van der Waals surface area contributed by atoms with E-state index in [0.29, 0.717) is 34.3 Å². The van der Waals surface area contributed by atoms with E-state index in [2.05, 4.69) is 30.7 Å². The van der Waals surface area contributed by atoms with Gasteiger partial charge < -0.3 is 15.2 Å². The van der Waals surface area contributed by atoms with Gasteiger partial charge in [-0.2, -0.15) is 4.98 Å². The van der Waals surface area contributed by atoms with Crippen LogP contribution in [0.25, 0.3) is 0 Å². The monoisotopic (exact) mass is 538 g/mol. The van der Waals surface area contributed by atoms with Gasteiger partial charge in [0.15, 0.2) is 11.8 Å². The van der Waals surface area contributed by atoms with Gasteiger partial charge in [-0.15, -0.1) is 24.0 Å². The van der Waals surface area contributed by atoms with Gasteiger partial charge in [0.05, 0.1) is 16.6 Å². The Morgan fingerprint density at radius 3 is 2.64 bits per heavy atom. The first-order chi connectivity index (χ1) is 13.0. The third-order valence-electron chi connectivity index (χ3n) is 4.53. The summed E-state index contributed by atoms with van der Waals surface area (Å²) in [6.45, 7) is 5.16. The van der Waals surface area contributed by atoms with Crippen LogP contribution in [0.5, 0.6) is 0 Å². The standard InChI is InChI=1S/C18H24Cl2N6O.HI/c1-12-23-17(25-27-12)10-22-18(21-2)24-14-5-7-26(8-6-14)11-13-3-4-15(19)16(20)9-13;/h3-4,9,14H,5-8,10-11H2,1-2H3,(H2,21,22,24);1H. The Balaban J connectivity index is 0.00000280. The first kappa shape index (κ1) is 23.2. The lowest BCUT2D eigenvalue weighted by atomic mass is 10.0. The van der Waals surface area contributed by atoms with Gasteiger partial charge in [0.2, 0.25) is 5.89 Å². The average molecular weight is 539 g/mol. The molecule has 7 nitrogen and oxygen atoms in total. The Kier molecular flexibility index (Phi) is 9.26. The number of hydrogen-bond acceptors (Lipinski definition) is 5. The Labute approximate surface area is 192 Å². The van der Waals surface area contributed by atoms with E-state index in [-0.39, 0.29) is 24.0 Å². The van der Waals surface area contributed by atoms with Crippen molar-refractivity contribution < 1.29 is 4.52 Å². The largest absolute Gasteiger partial charge is 0.354 e. The van der Waals surface area contributed by atoms with E-state index < -0.39 is 0 Å². The molecule has 2 heterocycles. The van der Waals surface area contributed by atoms with Crippen molar-refractivity contribution in [3.63, 3.8) is 0 Å². The van der Waals surface area contributed by atoms with E-state index in [0.717, 1.165) is 38.4 Å². The quantitative estimate of drug-likeness (QED) is 0.344. The molecule has 28 heavy (non-hydrogen) atoms. The molecule has 1 aromatic heterocycles. The van der Waals surface area contributed by atoms with Gasteiger partial charge in [-0.1, -0.05) is 34.4 Å². The van der Waals surface area contributed by atoms with Gasteiger partial charge in [-0.25, -0.2) is 0 Å². The molecule has 1 aliphatic rings. The number of nitrogens with one attached hydrogen (secondary N) is 2. The smallest absolute Gasteiger partial charge is 0.223 e. The van der Waals surface area contributed by atoms with Crippen molar-refractivity contribution in [3.05, 3.63) is 45.5 Å². The molecular weight excluding hydrogens is 514 g/mol. The van der Waals surface area contributed by atoms with Crippen molar-refractivity contribution in [2.45, 2.75) is 38.9 Å². The molecule has 1 saturated heterocycles. The van der Waals surface area contributed by atoms with Crippen LogP contribution in [0.15, 0.2) is 27.7 Å². The number of aromatic nitrogens is 2. The van der Waals surface area contributed by atoms with Crippen LogP contribution in [-0.2, 0) is 13.1 Å². The lowest BCUT2D eigenvalue weighted by Gasteiger charge is -2.33. The van der Waals surface area contributed by atoms with Crippen LogP contribution in [0.1, 0.15) is 30.1 Å². The van der Waals surface area contributed by atoms with E-state index in [9.17, 15) is 0 Å². The van der Waals surface area contributed by atoms with Crippen molar-refractivity contribution in [1.29, 1.82) is 0 Å². The molecule has 2 aromatic rings. The third-order valence-corrected chi connectivity index (χ3v) is 5.26. The second-order valence-corrected chi connectivity index (χ2v) is 7.41. The number of likely N-dealkylation sites (tertiary alicyclic amines) is 1. The highest BCUT2D eigenvalue weighted by Gasteiger charge is 2.20. The van der Waals surface area contributed by atoms with Crippen LogP contribution in [0, 0.1) is 6.92 Å². The molecule has 0 unspecified atom stereocenters. The summed E-state index contributed by atoms with van der Waals surface area (Å²) in [5, 5.41) is 11.8. The SMILES string of the molecule is CN=C(NCc1noc(C)n1)NC1CCN(Cc2ccc(Cl)c(Cl)c2)CC1.I. The van der Waals surface area contributed by atoms with Gasteiger partial charge in [-0.3, -0.25) is 9.89 Å². The lowest BCUT2D eigenvalue weighted by Crippen LogP contribution is -2.48. The van der Waals surface area contributed by atoms with Crippen LogP contribution < -0.4 is 10.6 Å². The average Bonchev–Trinajstić information content (AvgIpc) is 3.08. The second-order valence-electron chi connectivity index (χ2n) is 6.60. The van der Waals surface area contributed by atoms with Crippen LogP contribution in [0.3, 0.4) is 0 Å². The molecule has 154 valence electrons. The van der Waals surface area contributed by atoms with E-state index in [1.165, 1.54) is 5.56 Å². The van der Waals surface area contributed by atoms with Crippen molar-refractivity contribution >= 4 is 53.1 Å². The maximum atomic E-state index is 6.11. The summed E-state index contributed by atoms with van der Waals surface area (Å²) in [6.07, 6.45) is 2.09. The number of hydrogen-bond donors (Lipinski definition) is 2. The fourth-order valence-electron chi connectivity index (χ4n) is 3.10. The minimum Gasteiger partial charge on any atom is -0.354 e. The number of rotatable bonds is 5. The Hall–Kier alpha value is -1.10. The van der Waals surface area contributed by atoms with Gasteiger partial charge in [0.25, 0.3) is 0 Å². The fourth-order valence-corrected chi connectivity index (χ4v) is 3.42. The number of guanidine groups is 1. The summed E-state index contributed by atoms with van der Waals surface area (Å²) in [7, 11) is 1.76. The summed E-state index contributed by atoms with van der Waals surface area (Å²) >= 11 is 12.1. The maximum Gasteiger partial charge on any atom is 0.223 e. The van der Waals surface area contributed by atoms with Crippen LogP contribution >= 0.6 is 47.2 Å². The molecule has 0 aliphatic carbocycles. The zero-order valence-electron chi connectivity index (χ0n) is 15.9. The molecule has 0 radical (unpaired) electrons. The highest BCUT2D eigenvalue weighted by molar-refractivity contribution is 14.0. The summed E-state index contributed by atoms with van der Waals surface area (Å²) < 4.78 is 4.97. The second kappa shape index (κ2) is 11.2. The highest BCUT2D eigenvalue weighted by Crippen LogP contribution is 2.24. The molecule has 0 bridgehead atoms. The number of halogens is 3. The summed E-state index contributed by atoms with van der Waals surface area (Å²) in [5.41, 5.74) is 1.18. The van der Waals surface area contributed by atoms with Gasteiger partial charge in [0.1, 0.15) is 0 Å². The molecule has 10 heteroatoms. The number of aryl methyl sites for hydroxylation is 1. The zero-order chi connectivity index (χ0) is 19.2. The third kappa shape index (κ3) is 6.75. The Morgan fingerprint density at radius 1 is 1.29 bits per heavy atom. The summed E-state index contributed by atoms with van der Waals surface area (Å²) in [6, 6.07) is 6.21. The molecule has 2 N–H and O–H groups in total. The highest BCUT2D eigenvalue weighted by atomic mass is 127. The van der Waals surface area contributed by atoms with Crippen molar-refractivity contribution in [3.8, 4) is 0 Å². The van der Waals surface area contributed by atoms with Gasteiger partial charge in [-0.05, 0) is 30.5 Å². The summed E-state index contributed by atoms with van der Waals surface area (Å²) in [4.78, 5) is 10.9. The van der Waals surface area contributed by atoms with Crippen molar-refractivity contribution in [2.24, 2.45) is 4.99 Å². The predicted octanol–water partition coefficient (Wildman–Crippen LogP) is 3.63. The Morgan fingerprint density at radius 2 is 2.04 bits per heavy atom. The van der Waals surface area contributed by atoms with E-state index >= 15 is 0 Å². The normalized spacial score (nSPS) is 15.9. The molecule has 1 fully saturated rings. The first-order valence-electron chi connectivity index (χ1n) is 8.96. The topological polar surface area (TPSA) is 78.6 Å². The molecule has 0 amide bonds. The molecule has 1 aromatic carbocycles. The maximum absolute atomic E-state index is 6.11. The molecule has 0 spiro atoms.